The maximum absolute atomic E-state index is 13.2. The molecule has 3 N–H and O–H groups in total. The molecule has 0 radical (unpaired) electrons. The highest BCUT2D eigenvalue weighted by Gasteiger charge is 2.37. The Bertz CT molecular complexity index is 571. The van der Waals surface area contributed by atoms with Crippen LogP contribution in [0.25, 0.3) is 0 Å². The Kier molecular flexibility index (Phi) is 4.15. The van der Waals surface area contributed by atoms with Gasteiger partial charge >= 0.3 is 0 Å². The van der Waals surface area contributed by atoms with Gasteiger partial charge in [0.15, 0.2) is 0 Å². The standard InChI is InChI=1S/C12H16ClFN2O2S/c13-10-4-3-9(14)7-11(10)19(17,18)16-12(8-15)5-1-2-6-12/h3-4,7,16H,1-2,5-6,8,15H2. The highest BCUT2D eigenvalue weighted by atomic mass is 35.5. The summed E-state index contributed by atoms with van der Waals surface area (Å²) in [5.74, 6) is -0.641. The quantitative estimate of drug-likeness (QED) is 0.894. The van der Waals surface area contributed by atoms with E-state index in [0.717, 1.165) is 25.0 Å². The lowest BCUT2D eigenvalue weighted by molar-refractivity contribution is 0.399. The second-order valence-electron chi connectivity index (χ2n) is 4.87. The molecule has 0 aromatic heterocycles. The minimum Gasteiger partial charge on any atom is -0.329 e. The van der Waals surface area contributed by atoms with Gasteiger partial charge in [0.05, 0.1) is 5.02 Å². The first kappa shape index (κ1) is 14.7. The summed E-state index contributed by atoms with van der Waals surface area (Å²) < 4.78 is 40.4. The van der Waals surface area contributed by atoms with E-state index < -0.39 is 21.4 Å². The summed E-state index contributed by atoms with van der Waals surface area (Å²) in [4.78, 5) is -0.242. The van der Waals surface area contributed by atoms with Crippen molar-refractivity contribution in [1.29, 1.82) is 0 Å². The normalized spacial score (nSPS) is 18.7. The first-order valence-corrected chi connectivity index (χ1v) is 7.94. The van der Waals surface area contributed by atoms with Crippen LogP contribution in [-0.4, -0.2) is 20.5 Å². The van der Waals surface area contributed by atoms with Gasteiger partial charge in [-0.15, -0.1) is 0 Å². The van der Waals surface area contributed by atoms with Crippen molar-refractivity contribution in [2.45, 2.75) is 36.1 Å². The number of hydrogen-bond donors (Lipinski definition) is 2. The van der Waals surface area contributed by atoms with Gasteiger partial charge in [-0.05, 0) is 31.0 Å². The SMILES string of the molecule is NCC1(NS(=O)(=O)c2cc(F)ccc2Cl)CCCC1. The van der Waals surface area contributed by atoms with Gasteiger partial charge in [-0.1, -0.05) is 24.4 Å². The lowest BCUT2D eigenvalue weighted by Crippen LogP contribution is -2.51. The topological polar surface area (TPSA) is 72.2 Å². The van der Waals surface area contributed by atoms with E-state index in [9.17, 15) is 12.8 Å². The Morgan fingerprint density at radius 3 is 2.58 bits per heavy atom. The monoisotopic (exact) mass is 306 g/mol. The summed E-state index contributed by atoms with van der Waals surface area (Å²) in [5.41, 5.74) is 5.06. The van der Waals surface area contributed by atoms with E-state index in [-0.39, 0.29) is 16.5 Å². The Labute approximate surface area is 117 Å². The zero-order valence-electron chi connectivity index (χ0n) is 10.3. The van der Waals surface area contributed by atoms with Gasteiger partial charge in [0.1, 0.15) is 10.7 Å². The van der Waals surface area contributed by atoms with Crippen LogP contribution < -0.4 is 10.5 Å². The van der Waals surface area contributed by atoms with Gasteiger partial charge in [-0.25, -0.2) is 17.5 Å². The van der Waals surface area contributed by atoms with E-state index >= 15 is 0 Å². The van der Waals surface area contributed by atoms with Gasteiger partial charge < -0.3 is 5.73 Å². The maximum Gasteiger partial charge on any atom is 0.242 e. The van der Waals surface area contributed by atoms with Crippen molar-refractivity contribution >= 4 is 21.6 Å². The summed E-state index contributed by atoms with van der Waals surface area (Å²) in [7, 11) is -3.87. The van der Waals surface area contributed by atoms with Crippen molar-refractivity contribution in [1.82, 2.24) is 4.72 Å². The molecule has 7 heteroatoms. The fraction of sp³-hybridized carbons (Fsp3) is 0.500. The average Bonchev–Trinajstić information content (AvgIpc) is 2.80. The number of nitrogens with one attached hydrogen (secondary N) is 1. The lowest BCUT2D eigenvalue weighted by Gasteiger charge is -2.28. The molecule has 4 nitrogen and oxygen atoms in total. The van der Waals surface area contributed by atoms with Gasteiger partial charge in [-0.2, -0.15) is 0 Å². The molecule has 1 aliphatic rings. The third kappa shape index (κ3) is 3.08. The van der Waals surface area contributed by atoms with Crippen molar-refractivity contribution in [2.24, 2.45) is 5.73 Å². The molecule has 0 heterocycles. The van der Waals surface area contributed by atoms with Crippen LogP contribution in [0.5, 0.6) is 0 Å². The summed E-state index contributed by atoms with van der Waals surface area (Å²) >= 11 is 5.84. The summed E-state index contributed by atoms with van der Waals surface area (Å²) in [6.45, 7) is 0.221. The number of halogens is 2. The highest BCUT2D eigenvalue weighted by molar-refractivity contribution is 7.89. The van der Waals surface area contributed by atoms with Gasteiger partial charge in [0.2, 0.25) is 10.0 Å². The van der Waals surface area contributed by atoms with Crippen LogP contribution in [0.2, 0.25) is 5.02 Å². The van der Waals surface area contributed by atoms with Crippen molar-refractivity contribution in [3.05, 3.63) is 29.0 Å². The Morgan fingerprint density at radius 2 is 2.00 bits per heavy atom. The van der Waals surface area contributed by atoms with Crippen molar-refractivity contribution in [3.8, 4) is 0 Å². The van der Waals surface area contributed by atoms with Crippen LogP contribution in [0.3, 0.4) is 0 Å². The molecule has 2 rings (SSSR count). The highest BCUT2D eigenvalue weighted by Crippen LogP contribution is 2.31. The molecule has 0 unspecified atom stereocenters. The molecule has 0 bridgehead atoms. The molecule has 1 aliphatic carbocycles. The number of hydrogen-bond acceptors (Lipinski definition) is 3. The van der Waals surface area contributed by atoms with E-state index in [1.807, 2.05) is 0 Å². The largest absolute Gasteiger partial charge is 0.329 e. The maximum atomic E-state index is 13.2. The lowest BCUT2D eigenvalue weighted by atomic mass is 10.0. The zero-order valence-corrected chi connectivity index (χ0v) is 11.9. The Morgan fingerprint density at radius 1 is 1.37 bits per heavy atom. The van der Waals surface area contributed by atoms with E-state index in [4.69, 9.17) is 17.3 Å². The fourth-order valence-electron chi connectivity index (χ4n) is 2.42. The van der Waals surface area contributed by atoms with Gasteiger partial charge in [0, 0.05) is 12.1 Å². The molecule has 0 aliphatic heterocycles. The zero-order chi connectivity index (χ0) is 14.1. The molecule has 1 aromatic carbocycles. The summed E-state index contributed by atoms with van der Waals surface area (Å²) in [6, 6.07) is 3.27. The second kappa shape index (κ2) is 5.36. The first-order chi connectivity index (χ1) is 8.88. The molecule has 1 fully saturated rings. The van der Waals surface area contributed by atoms with E-state index in [1.165, 1.54) is 6.07 Å². The van der Waals surface area contributed by atoms with Crippen LogP contribution >= 0.6 is 11.6 Å². The Hall–Kier alpha value is -0.690. The molecule has 19 heavy (non-hydrogen) atoms. The van der Waals surface area contributed by atoms with Crippen molar-refractivity contribution in [2.75, 3.05) is 6.54 Å². The number of benzene rings is 1. The van der Waals surface area contributed by atoms with Crippen LogP contribution in [-0.2, 0) is 10.0 Å². The molecule has 1 aromatic rings. The minimum atomic E-state index is -3.87. The molecular weight excluding hydrogens is 291 g/mol. The van der Waals surface area contributed by atoms with Crippen molar-refractivity contribution in [3.63, 3.8) is 0 Å². The van der Waals surface area contributed by atoms with Gasteiger partial charge in [0.25, 0.3) is 0 Å². The van der Waals surface area contributed by atoms with Crippen LogP contribution in [0.4, 0.5) is 4.39 Å². The minimum absolute atomic E-state index is 0.000863. The van der Waals surface area contributed by atoms with Crippen LogP contribution in [0.1, 0.15) is 25.7 Å². The average molecular weight is 307 g/mol. The molecule has 0 saturated heterocycles. The molecule has 1 saturated carbocycles. The Balaban J connectivity index is 2.34. The first-order valence-electron chi connectivity index (χ1n) is 6.08. The third-order valence-corrected chi connectivity index (χ3v) is 5.55. The smallest absolute Gasteiger partial charge is 0.242 e. The number of sulfonamides is 1. The van der Waals surface area contributed by atoms with E-state index in [2.05, 4.69) is 4.72 Å². The second-order valence-corrected chi connectivity index (χ2v) is 6.93. The number of nitrogens with two attached hydrogens (primary N) is 1. The third-order valence-electron chi connectivity index (χ3n) is 3.49. The summed E-state index contributed by atoms with van der Waals surface area (Å²) in [6.07, 6.45) is 3.23. The van der Waals surface area contributed by atoms with Gasteiger partial charge in [-0.3, -0.25) is 0 Å². The molecular formula is C12H16ClFN2O2S. The molecule has 0 atom stereocenters. The number of rotatable bonds is 4. The van der Waals surface area contributed by atoms with Crippen molar-refractivity contribution < 1.29 is 12.8 Å². The molecule has 0 amide bonds. The predicted molar refractivity (Wildman–Crippen MR) is 72.0 cm³/mol. The summed E-state index contributed by atoms with van der Waals surface area (Å²) in [5, 5.41) is -0.000863. The predicted octanol–water partition coefficient (Wildman–Crippen LogP) is 2.03. The van der Waals surface area contributed by atoms with Crippen LogP contribution in [0, 0.1) is 5.82 Å². The molecule has 106 valence electrons. The van der Waals surface area contributed by atoms with Crippen LogP contribution in [0.15, 0.2) is 23.1 Å². The molecule has 0 spiro atoms. The van der Waals surface area contributed by atoms with E-state index in [1.54, 1.807) is 0 Å². The van der Waals surface area contributed by atoms with E-state index in [0.29, 0.717) is 12.8 Å². The fourth-order valence-corrected chi connectivity index (χ4v) is 4.41.